The lowest BCUT2D eigenvalue weighted by Crippen LogP contribution is -2.46. The molecule has 2 aliphatic rings. The van der Waals surface area contributed by atoms with E-state index in [-0.39, 0.29) is 0 Å². The molecule has 21 heavy (non-hydrogen) atoms. The van der Waals surface area contributed by atoms with Crippen LogP contribution in [0.5, 0.6) is 0 Å². The van der Waals surface area contributed by atoms with Gasteiger partial charge in [0, 0.05) is 39.9 Å². The van der Waals surface area contributed by atoms with E-state index in [4.69, 9.17) is 9.47 Å². The zero-order chi connectivity index (χ0) is 14.9. The van der Waals surface area contributed by atoms with Crippen LogP contribution in [0.3, 0.4) is 0 Å². The number of likely N-dealkylation sites (tertiary alicyclic amines) is 1. The summed E-state index contributed by atoms with van der Waals surface area (Å²) in [6.45, 7) is 7.93. The Morgan fingerprint density at radius 2 is 2.29 bits per heavy atom. The average Bonchev–Trinajstić information content (AvgIpc) is 3.00. The first kappa shape index (κ1) is 16.6. The summed E-state index contributed by atoms with van der Waals surface area (Å²) >= 11 is 0. The molecule has 5 heteroatoms. The molecular weight excluding hydrogens is 266 g/mol. The van der Waals surface area contributed by atoms with Crippen molar-refractivity contribution in [3.05, 3.63) is 0 Å². The van der Waals surface area contributed by atoms with Crippen LogP contribution in [0.2, 0.25) is 0 Å². The highest BCUT2D eigenvalue weighted by Gasteiger charge is 2.19. The summed E-state index contributed by atoms with van der Waals surface area (Å²) in [4.78, 5) is 6.77. The van der Waals surface area contributed by atoms with Gasteiger partial charge in [-0.1, -0.05) is 6.92 Å². The molecular formula is C16H31N3O2. The Balaban J connectivity index is 1.53. The SMILES string of the molecule is CN=C(NCCCOCC1CCCO1)N1CCCC(C)C1. The van der Waals surface area contributed by atoms with Crippen molar-refractivity contribution >= 4 is 5.96 Å². The highest BCUT2D eigenvalue weighted by Crippen LogP contribution is 2.15. The number of hydrogen-bond acceptors (Lipinski definition) is 3. The number of piperidine rings is 1. The smallest absolute Gasteiger partial charge is 0.193 e. The fourth-order valence-corrected chi connectivity index (χ4v) is 3.08. The molecule has 2 heterocycles. The maximum atomic E-state index is 5.68. The average molecular weight is 297 g/mol. The molecule has 2 rings (SSSR count). The molecule has 0 saturated carbocycles. The number of nitrogens with one attached hydrogen (secondary N) is 1. The molecule has 1 N–H and O–H groups in total. The van der Waals surface area contributed by atoms with Gasteiger partial charge in [0.2, 0.25) is 0 Å². The molecule has 2 unspecified atom stereocenters. The topological polar surface area (TPSA) is 46.1 Å². The van der Waals surface area contributed by atoms with Crippen molar-refractivity contribution in [2.24, 2.45) is 10.9 Å². The Labute approximate surface area is 129 Å². The second-order valence-electron chi connectivity index (χ2n) is 6.23. The molecule has 0 aliphatic carbocycles. The highest BCUT2D eigenvalue weighted by molar-refractivity contribution is 5.79. The van der Waals surface area contributed by atoms with Gasteiger partial charge in [-0.3, -0.25) is 4.99 Å². The van der Waals surface area contributed by atoms with Crippen LogP contribution in [-0.4, -0.2) is 63.5 Å². The largest absolute Gasteiger partial charge is 0.379 e. The third kappa shape index (κ3) is 5.83. The van der Waals surface area contributed by atoms with E-state index in [1.165, 1.54) is 19.3 Å². The van der Waals surface area contributed by atoms with Gasteiger partial charge in [-0.15, -0.1) is 0 Å². The molecule has 0 radical (unpaired) electrons. The standard InChI is InChI=1S/C16H31N3O2/c1-14-6-3-9-19(12-14)16(17-2)18-8-5-10-20-13-15-7-4-11-21-15/h14-15H,3-13H2,1-2H3,(H,17,18). The quantitative estimate of drug-likeness (QED) is 0.462. The Kier molecular flexibility index (Phi) is 7.30. The Hall–Kier alpha value is -0.810. The van der Waals surface area contributed by atoms with Crippen molar-refractivity contribution in [3.63, 3.8) is 0 Å². The van der Waals surface area contributed by atoms with Gasteiger partial charge in [0.05, 0.1) is 12.7 Å². The highest BCUT2D eigenvalue weighted by atomic mass is 16.5. The number of ether oxygens (including phenoxy) is 2. The van der Waals surface area contributed by atoms with Crippen LogP contribution in [0.1, 0.15) is 39.0 Å². The van der Waals surface area contributed by atoms with Gasteiger partial charge in [-0.05, 0) is 38.0 Å². The Morgan fingerprint density at radius 1 is 1.38 bits per heavy atom. The molecule has 2 aliphatic heterocycles. The lowest BCUT2D eigenvalue weighted by atomic mass is 10.0. The van der Waals surface area contributed by atoms with Crippen LogP contribution in [0.15, 0.2) is 4.99 Å². The van der Waals surface area contributed by atoms with Crippen LogP contribution < -0.4 is 5.32 Å². The molecule has 2 atom stereocenters. The summed E-state index contributed by atoms with van der Waals surface area (Å²) < 4.78 is 11.2. The van der Waals surface area contributed by atoms with E-state index in [0.717, 1.165) is 64.2 Å². The summed E-state index contributed by atoms with van der Waals surface area (Å²) in [5.74, 6) is 1.81. The molecule has 5 nitrogen and oxygen atoms in total. The van der Waals surface area contributed by atoms with Crippen LogP contribution in [0.4, 0.5) is 0 Å². The second-order valence-corrected chi connectivity index (χ2v) is 6.23. The zero-order valence-electron chi connectivity index (χ0n) is 13.6. The molecule has 0 aromatic carbocycles. The van der Waals surface area contributed by atoms with Crippen molar-refractivity contribution in [3.8, 4) is 0 Å². The van der Waals surface area contributed by atoms with E-state index >= 15 is 0 Å². The first-order chi connectivity index (χ1) is 10.3. The molecule has 0 aromatic heterocycles. The summed E-state index contributed by atoms with van der Waals surface area (Å²) in [6.07, 6.45) is 6.28. The minimum Gasteiger partial charge on any atom is -0.379 e. The lowest BCUT2D eigenvalue weighted by Gasteiger charge is -2.33. The van der Waals surface area contributed by atoms with Crippen LogP contribution in [0.25, 0.3) is 0 Å². The first-order valence-electron chi connectivity index (χ1n) is 8.44. The number of hydrogen-bond donors (Lipinski definition) is 1. The zero-order valence-corrected chi connectivity index (χ0v) is 13.6. The van der Waals surface area contributed by atoms with Crippen LogP contribution >= 0.6 is 0 Å². The fraction of sp³-hybridized carbons (Fsp3) is 0.938. The van der Waals surface area contributed by atoms with Crippen molar-refractivity contribution in [1.29, 1.82) is 0 Å². The van der Waals surface area contributed by atoms with Crippen molar-refractivity contribution in [2.75, 3.05) is 46.5 Å². The first-order valence-corrected chi connectivity index (χ1v) is 8.44. The minimum absolute atomic E-state index is 0.334. The third-order valence-electron chi connectivity index (χ3n) is 4.24. The Bertz CT molecular complexity index is 317. The van der Waals surface area contributed by atoms with Gasteiger partial charge in [0.1, 0.15) is 0 Å². The van der Waals surface area contributed by atoms with E-state index in [0.29, 0.717) is 6.10 Å². The lowest BCUT2D eigenvalue weighted by molar-refractivity contribution is 0.0168. The normalized spacial score (nSPS) is 27.1. The van der Waals surface area contributed by atoms with Gasteiger partial charge in [-0.2, -0.15) is 0 Å². The van der Waals surface area contributed by atoms with E-state index in [1.807, 2.05) is 7.05 Å². The molecule has 122 valence electrons. The number of rotatable bonds is 6. The van der Waals surface area contributed by atoms with E-state index < -0.39 is 0 Å². The van der Waals surface area contributed by atoms with E-state index in [2.05, 4.69) is 22.1 Å². The minimum atomic E-state index is 0.334. The fourth-order valence-electron chi connectivity index (χ4n) is 3.08. The predicted octanol–water partition coefficient (Wildman–Crippen LogP) is 1.88. The number of nitrogens with zero attached hydrogens (tertiary/aromatic N) is 2. The third-order valence-corrected chi connectivity index (χ3v) is 4.24. The van der Waals surface area contributed by atoms with Gasteiger partial charge < -0.3 is 19.7 Å². The van der Waals surface area contributed by atoms with E-state index in [1.54, 1.807) is 0 Å². The number of guanidine groups is 1. The summed E-state index contributed by atoms with van der Waals surface area (Å²) in [6, 6.07) is 0. The van der Waals surface area contributed by atoms with Crippen molar-refractivity contribution < 1.29 is 9.47 Å². The van der Waals surface area contributed by atoms with Crippen LogP contribution in [-0.2, 0) is 9.47 Å². The predicted molar refractivity (Wildman–Crippen MR) is 85.7 cm³/mol. The Morgan fingerprint density at radius 3 is 3.00 bits per heavy atom. The summed E-state index contributed by atoms with van der Waals surface area (Å²) in [5.41, 5.74) is 0. The molecule has 2 fully saturated rings. The maximum Gasteiger partial charge on any atom is 0.193 e. The molecule has 0 amide bonds. The van der Waals surface area contributed by atoms with Crippen LogP contribution in [0, 0.1) is 5.92 Å². The molecule has 2 saturated heterocycles. The molecule has 0 bridgehead atoms. The second kappa shape index (κ2) is 9.26. The van der Waals surface area contributed by atoms with Gasteiger partial charge in [0.25, 0.3) is 0 Å². The van der Waals surface area contributed by atoms with Gasteiger partial charge in [-0.25, -0.2) is 0 Å². The monoisotopic (exact) mass is 297 g/mol. The van der Waals surface area contributed by atoms with E-state index in [9.17, 15) is 0 Å². The van der Waals surface area contributed by atoms with Crippen molar-refractivity contribution in [2.45, 2.75) is 45.1 Å². The van der Waals surface area contributed by atoms with Crippen molar-refractivity contribution in [1.82, 2.24) is 10.2 Å². The summed E-state index contributed by atoms with van der Waals surface area (Å²) in [5, 5.41) is 3.45. The summed E-state index contributed by atoms with van der Waals surface area (Å²) in [7, 11) is 1.87. The van der Waals surface area contributed by atoms with Gasteiger partial charge >= 0.3 is 0 Å². The molecule has 0 spiro atoms. The van der Waals surface area contributed by atoms with Gasteiger partial charge in [0.15, 0.2) is 5.96 Å². The maximum absolute atomic E-state index is 5.68. The molecule has 0 aromatic rings. The number of aliphatic imine (C=N–C) groups is 1.